The summed E-state index contributed by atoms with van der Waals surface area (Å²) in [4.78, 5) is 33.3. The molecule has 4 aromatic carbocycles. The average molecular weight is 639 g/mol. The third kappa shape index (κ3) is 6.16. The van der Waals surface area contributed by atoms with Gasteiger partial charge in [-0.05, 0) is 79.1 Å². The smallest absolute Gasteiger partial charge is 0.301 e. The number of carbonyl (C=O) groups is 2. The Hall–Kier alpha value is -5.22. The molecule has 0 aliphatic carbocycles. The van der Waals surface area contributed by atoms with Crippen molar-refractivity contribution in [2.75, 3.05) is 18.1 Å². The number of fused-ring (bicyclic) bond motifs is 1. The predicted molar refractivity (Wildman–Crippen MR) is 175 cm³/mol. The van der Waals surface area contributed by atoms with Crippen LogP contribution in [-0.2, 0) is 16.2 Å². The first-order valence-corrected chi connectivity index (χ1v) is 15.7. The Morgan fingerprint density at radius 1 is 0.913 bits per heavy atom. The van der Waals surface area contributed by atoms with Crippen LogP contribution in [0.2, 0.25) is 0 Å². The van der Waals surface area contributed by atoms with E-state index < -0.39 is 23.5 Å². The zero-order valence-corrected chi connectivity index (χ0v) is 26.1. The van der Waals surface area contributed by atoms with Gasteiger partial charge in [0.2, 0.25) is 0 Å². The van der Waals surface area contributed by atoms with Gasteiger partial charge < -0.3 is 19.3 Å². The number of anilines is 1. The molecule has 2 heterocycles. The first kappa shape index (κ1) is 30.8. The molecule has 46 heavy (non-hydrogen) atoms. The van der Waals surface area contributed by atoms with Gasteiger partial charge in [0.05, 0.1) is 35.0 Å². The molecule has 1 aromatic heterocycles. The summed E-state index contributed by atoms with van der Waals surface area (Å²) in [6.45, 7) is 5.02. The minimum absolute atomic E-state index is 0.113. The van der Waals surface area contributed by atoms with E-state index in [9.17, 15) is 19.1 Å². The van der Waals surface area contributed by atoms with Gasteiger partial charge in [0.15, 0.2) is 16.6 Å². The van der Waals surface area contributed by atoms with E-state index in [1.165, 1.54) is 23.1 Å². The summed E-state index contributed by atoms with van der Waals surface area (Å²) in [6, 6.07) is 24.6. The Morgan fingerprint density at radius 2 is 1.70 bits per heavy atom. The molecular formula is C36H31FN2O6S. The minimum atomic E-state index is -1.07. The number of rotatable bonds is 11. The molecule has 1 N–H and O–H groups in total. The molecule has 0 saturated carbocycles. The number of hydrogen-bond acceptors (Lipinski definition) is 8. The number of ketones is 1. The summed E-state index contributed by atoms with van der Waals surface area (Å²) in [5, 5.41) is 11.8. The lowest BCUT2D eigenvalue weighted by atomic mass is 9.95. The molecule has 1 aliphatic rings. The standard InChI is InChI=1S/C36H31FN2O6S/c1-3-18-44-26-14-10-23(11-15-26)33(40)31-32(39(35(42)34(31)41)36-38-27-16-13-25(37)20-30(27)46-36)24-12-17-28(29(19-24)43-4-2)45-21-22-8-6-5-7-9-22/h5-17,19-20,32,40H,3-4,18,21H2,1-2H3/b33-31+. The Kier molecular flexibility index (Phi) is 8.98. The Balaban J connectivity index is 1.46. The molecule has 1 atom stereocenters. The normalized spacial score (nSPS) is 15.8. The highest BCUT2D eigenvalue weighted by Crippen LogP contribution is 2.46. The molecule has 1 saturated heterocycles. The molecule has 1 unspecified atom stereocenters. The SMILES string of the molecule is CCCOc1ccc(/C(O)=C2\C(=O)C(=O)N(c3nc4ccc(F)cc4s3)C2c2ccc(OCc3ccccc3)c(OCC)c2)cc1. The van der Waals surface area contributed by atoms with Gasteiger partial charge in [-0.1, -0.05) is 54.7 Å². The van der Waals surface area contributed by atoms with Gasteiger partial charge in [-0.3, -0.25) is 14.5 Å². The van der Waals surface area contributed by atoms with Crippen molar-refractivity contribution in [2.45, 2.75) is 32.9 Å². The van der Waals surface area contributed by atoms with Crippen molar-refractivity contribution in [3.63, 3.8) is 0 Å². The van der Waals surface area contributed by atoms with Crippen LogP contribution in [-0.4, -0.2) is 35.0 Å². The van der Waals surface area contributed by atoms with Gasteiger partial charge in [-0.15, -0.1) is 0 Å². The molecule has 234 valence electrons. The summed E-state index contributed by atoms with van der Waals surface area (Å²) in [5.41, 5.74) is 2.17. The molecule has 10 heteroatoms. The monoisotopic (exact) mass is 638 g/mol. The van der Waals surface area contributed by atoms with Gasteiger partial charge in [0.1, 0.15) is 23.9 Å². The van der Waals surface area contributed by atoms with Crippen molar-refractivity contribution >= 4 is 44.1 Å². The Labute approximate surface area is 269 Å². The lowest BCUT2D eigenvalue weighted by molar-refractivity contribution is -0.132. The Morgan fingerprint density at radius 3 is 2.43 bits per heavy atom. The number of hydrogen-bond donors (Lipinski definition) is 1. The van der Waals surface area contributed by atoms with E-state index in [1.54, 1.807) is 42.5 Å². The average Bonchev–Trinajstić information content (AvgIpc) is 3.60. The number of Topliss-reactive ketones (excluding diaryl/α,β-unsaturated/α-hetero) is 1. The van der Waals surface area contributed by atoms with Crippen LogP contribution in [0.5, 0.6) is 17.2 Å². The number of aliphatic hydroxyl groups is 1. The van der Waals surface area contributed by atoms with E-state index in [1.807, 2.05) is 44.2 Å². The third-order valence-corrected chi connectivity index (χ3v) is 8.43. The van der Waals surface area contributed by atoms with Crippen molar-refractivity contribution in [3.8, 4) is 17.2 Å². The lowest BCUT2D eigenvalue weighted by Crippen LogP contribution is -2.29. The third-order valence-electron chi connectivity index (χ3n) is 7.41. The van der Waals surface area contributed by atoms with Gasteiger partial charge in [0, 0.05) is 5.56 Å². The summed E-state index contributed by atoms with van der Waals surface area (Å²) in [5.74, 6) is -1.03. The second kappa shape index (κ2) is 13.4. The molecule has 6 rings (SSSR count). The van der Waals surface area contributed by atoms with Crippen LogP contribution in [0.25, 0.3) is 16.0 Å². The highest BCUT2D eigenvalue weighted by Gasteiger charge is 2.48. The highest BCUT2D eigenvalue weighted by molar-refractivity contribution is 7.22. The summed E-state index contributed by atoms with van der Waals surface area (Å²) < 4.78 is 32.3. The summed E-state index contributed by atoms with van der Waals surface area (Å²) >= 11 is 1.08. The number of ether oxygens (including phenoxy) is 3. The van der Waals surface area contributed by atoms with Gasteiger partial charge in [-0.25, -0.2) is 9.37 Å². The molecular weight excluding hydrogens is 607 g/mol. The molecule has 0 spiro atoms. The van der Waals surface area contributed by atoms with E-state index in [2.05, 4.69) is 4.98 Å². The van der Waals surface area contributed by atoms with Crippen molar-refractivity contribution in [1.29, 1.82) is 0 Å². The maximum absolute atomic E-state index is 14.1. The maximum Gasteiger partial charge on any atom is 0.301 e. The molecule has 0 radical (unpaired) electrons. The largest absolute Gasteiger partial charge is 0.507 e. The lowest BCUT2D eigenvalue weighted by Gasteiger charge is -2.24. The van der Waals surface area contributed by atoms with Crippen LogP contribution in [0, 0.1) is 5.82 Å². The molecule has 5 aromatic rings. The zero-order valence-electron chi connectivity index (χ0n) is 25.2. The van der Waals surface area contributed by atoms with Crippen LogP contribution in [0.1, 0.15) is 43.0 Å². The van der Waals surface area contributed by atoms with Crippen LogP contribution < -0.4 is 19.1 Å². The quantitative estimate of drug-likeness (QED) is 0.0895. The van der Waals surface area contributed by atoms with Crippen molar-refractivity contribution in [2.24, 2.45) is 0 Å². The van der Waals surface area contributed by atoms with E-state index in [0.717, 1.165) is 23.3 Å². The highest BCUT2D eigenvalue weighted by atomic mass is 32.1. The van der Waals surface area contributed by atoms with Crippen molar-refractivity contribution in [3.05, 3.63) is 119 Å². The fraction of sp³-hybridized carbons (Fsp3) is 0.194. The van der Waals surface area contributed by atoms with Crippen LogP contribution in [0.3, 0.4) is 0 Å². The molecule has 0 bridgehead atoms. The fourth-order valence-corrected chi connectivity index (χ4v) is 6.25. The van der Waals surface area contributed by atoms with E-state index in [0.29, 0.717) is 58.4 Å². The van der Waals surface area contributed by atoms with Crippen molar-refractivity contribution in [1.82, 2.24) is 4.98 Å². The summed E-state index contributed by atoms with van der Waals surface area (Å²) in [6.07, 6.45) is 0.837. The number of aromatic nitrogens is 1. The fourth-order valence-electron chi connectivity index (χ4n) is 5.24. The minimum Gasteiger partial charge on any atom is -0.507 e. The van der Waals surface area contributed by atoms with Gasteiger partial charge in [0.25, 0.3) is 5.78 Å². The zero-order chi connectivity index (χ0) is 32.2. The van der Waals surface area contributed by atoms with Crippen LogP contribution in [0.4, 0.5) is 9.52 Å². The first-order valence-electron chi connectivity index (χ1n) is 14.9. The number of nitrogens with zero attached hydrogens (tertiary/aromatic N) is 2. The number of benzene rings is 4. The summed E-state index contributed by atoms with van der Waals surface area (Å²) in [7, 11) is 0. The first-order chi connectivity index (χ1) is 22.4. The van der Waals surface area contributed by atoms with Crippen LogP contribution in [0.15, 0.2) is 96.6 Å². The van der Waals surface area contributed by atoms with Gasteiger partial charge >= 0.3 is 5.91 Å². The second-order valence-electron chi connectivity index (χ2n) is 10.6. The number of thiazole rings is 1. The predicted octanol–water partition coefficient (Wildman–Crippen LogP) is 7.83. The van der Waals surface area contributed by atoms with Crippen LogP contribution >= 0.6 is 11.3 Å². The molecule has 1 amide bonds. The van der Waals surface area contributed by atoms with E-state index in [-0.39, 0.29) is 16.5 Å². The molecule has 1 fully saturated rings. The molecule has 8 nitrogen and oxygen atoms in total. The van der Waals surface area contributed by atoms with E-state index in [4.69, 9.17) is 14.2 Å². The number of carbonyl (C=O) groups excluding carboxylic acids is 2. The number of halogens is 1. The Bertz CT molecular complexity index is 1920. The van der Waals surface area contributed by atoms with Crippen molar-refractivity contribution < 1.29 is 33.3 Å². The van der Waals surface area contributed by atoms with E-state index >= 15 is 0 Å². The number of aliphatic hydroxyl groups excluding tert-OH is 1. The molecule has 1 aliphatic heterocycles. The topological polar surface area (TPSA) is 98.2 Å². The second-order valence-corrected chi connectivity index (χ2v) is 11.6. The van der Waals surface area contributed by atoms with Gasteiger partial charge in [-0.2, -0.15) is 0 Å². The maximum atomic E-state index is 14.1. The number of amides is 1.